The number of benzene rings is 2. The van der Waals surface area contributed by atoms with Gasteiger partial charge in [-0.3, -0.25) is 0 Å². The molecule has 3 heteroatoms. The molecule has 17 heavy (non-hydrogen) atoms. The fraction of sp³-hybridized carbons (Fsp3) is 0.143. The van der Waals surface area contributed by atoms with Gasteiger partial charge in [0.1, 0.15) is 0 Å². The summed E-state index contributed by atoms with van der Waals surface area (Å²) in [6, 6.07) is 13.5. The average Bonchev–Trinajstić information content (AvgIpc) is 2.33. The molecule has 3 N–H and O–H groups in total. The van der Waals surface area contributed by atoms with Crippen molar-refractivity contribution in [3.05, 3.63) is 53.1 Å². The number of halogens is 1. The maximum atomic E-state index is 8.97. The van der Waals surface area contributed by atoms with Gasteiger partial charge in [0.2, 0.25) is 0 Å². The number of hydrogen-bond acceptors (Lipinski definition) is 2. The zero-order valence-corrected chi connectivity index (χ0v) is 10.1. The van der Waals surface area contributed by atoms with E-state index in [1.807, 2.05) is 42.5 Å². The molecule has 0 aliphatic carbocycles. The number of aliphatic hydroxyl groups excluding tert-OH is 1. The summed E-state index contributed by atoms with van der Waals surface area (Å²) in [6.07, 6.45) is 0.571. The van der Waals surface area contributed by atoms with E-state index < -0.39 is 0 Å². The van der Waals surface area contributed by atoms with Crippen molar-refractivity contribution in [1.82, 2.24) is 0 Å². The van der Waals surface area contributed by atoms with Crippen LogP contribution >= 0.6 is 11.6 Å². The van der Waals surface area contributed by atoms with E-state index in [4.69, 9.17) is 22.4 Å². The lowest BCUT2D eigenvalue weighted by Gasteiger charge is -2.07. The number of nitrogen functional groups attached to an aromatic ring is 1. The fourth-order valence-corrected chi connectivity index (χ4v) is 1.95. The van der Waals surface area contributed by atoms with Crippen LogP contribution in [-0.2, 0) is 6.42 Å². The second-order valence-electron chi connectivity index (χ2n) is 3.90. The Morgan fingerprint density at radius 2 is 1.65 bits per heavy atom. The summed E-state index contributed by atoms with van der Waals surface area (Å²) in [5.74, 6) is 0. The van der Waals surface area contributed by atoms with Crippen molar-refractivity contribution < 1.29 is 5.11 Å². The SMILES string of the molecule is Nc1ccc(-c2ccc(Cl)c(CCO)c2)cc1. The highest BCUT2D eigenvalue weighted by atomic mass is 35.5. The van der Waals surface area contributed by atoms with E-state index in [9.17, 15) is 0 Å². The van der Waals surface area contributed by atoms with E-state index >= 15 is 0 Å². The molecule has 0 aliphatic heterocycles. The molecule has 0 fully saturated rings. The molecule has 0 aliphatic rings. The first kappa shape index (κ1) is 12.0. The van der Waals surface area contributed by atoms with Gasteiger partial charge in [-0.1, -0.05) is 29.8 Å². The van der Waals surface area contributed by atoms with Gasteiger partial charge in [0.15, 0.2) is 0 Å². The first-order valence-electron chi connectivity index (χ1n) is 5.46. The van der Waals surface area contributed by atoms with Crippen LogP contribution in [0.5, 0.6) is 0 Å². The summed E-state index contributed by atoms with van der Waals surface area (Å²) >= 11 is 6.06. The van der Waals surface area contributed by atoms with E-state index in [-0.39, 0.29) is 6.61 Å². The number of anilines is 1. The first-order valence-corrected chi connectivity index (χ1v) is 5.83. The van der Waals surface area contributed by atoms with Crippen molar-refractivity contribution in [2.75, 3.05) is 12.3 Å². The minimum Gasteiger partial charge on any atom is -0.399 e. The molecule has 2 aromatic rings. The summed E-state index contributed by atoms with van der Waals surface area (Å²) in [4.78, 5) is 0. The van der Waals surface area contributed by atoms with Crippen LogP contribution in [0, 0.1) is 0 Å². The molecule has 88 valence electrons. The van der Waals surface area contributed by atoms with Crippen molar-refractivity contribution in [3.63, 3.8) is 0 Å². The smallest absolute Gasteiger partial charge is 0.0471 e. The van der Waals surface area contributed by atoms with E-state index in [1.165, 1.54) is 0 Å². The number of aliphatic hydroxyl groups is 1. The van der Waals surface area contributed by atoms with E-state index in [1.54, 1.807) is 0 Å². The average molecular weight is 248 g/mol. The normalized spacial score (nSPS) is 10.5. The Labute approximate surface area is 106 Å². The van der Waals surface area contributed by atoms with Crippen LogP contribution in [-0.4, -0.2) is 11.7 Å². The molecule has 2 aromatic carbocycles. The molecular formula is C14H14ClNO. The zero-order chi connectivity index (χ0) is 12.3. The summed E-state index contributed by atoms with van der Waals surface area (Å²) in [6.45, 7) is 0.102. The van der Waals surface area contributed by atoms with Gasteiger partial charge in [-0.2, -0.15) is 0 Å². The third-order valence-corrected chi connectivity index (χ3v) is 3.04. The van der Waals surface area contributed by atoms with Crippen LogP contribution in [0.15, 0.2) is 42.5 Å². The molecule has 0 unspecified atom stereocenters. The highest BCUT2D eigenvalue weighted by molar-refractivity contribution is 6.31. The predicted octanol–water partition coefficient (Wildman–Crippen LogP) is 3.12. The maximum Gasteiger partial charge on any atom is 0.0471 e. The Morgan fingerprint density at radius 3 is 2.29 bits per heavy atom. The molecule has 0 atom stereocenters. The molecule has 0 amide bonds. The van der Waals surface area contributed by atoms with Crippen molar-refractivity contribution in [2.45, 2.75) is 6.42 Å². The first-order chi connectivity index (χ1) is 8.20. The highest BCUT2D eigenvalue weighted by Crippen LogP contribution is 2.26. The van der Waals surface area contributed by atoms with Gasteiger partial charge in [-0.05, 0) is 47.4 Å². The number of nitrogens with two attached hydrogens (primary N) is 1. The molecular weight excluding hydrogens is 234 g/mol. The minimum atomic E-state index is 0.102. The maximum absolute atomic E-state index is 8.97. The molecule has 0 heterocycles. The molecule has 0 bridgehead atoms. The van der Waals surface area contributed by atoms with Crippen molar-refractivity contribution in [3.8, 4) is 11.1 Å². The van der Waals surface area contributed by atoms with Crippen molar-refractivity contribution >= 4 is 17.3 Å². The second-order valence-corrected chi connectivity index (χ2v) is 4.31. The lowest BCUT2D eigenvalue weighted by atomic mass is 10.0. The van der Waals surface area contributed by atoms with Crippen LogP contribution in [0.3, 0.4) is 0 Å². The number of rotatable bonds is 3. The van der Waals surface area contributed by atoms with Gasteiger partial charge in [0, 0.05) is 17.3 Å². The van der Waals surface area contributed by atoms with Gasteiger partial charge in [-0.15, -0.1) is 0 Å². The summed E-state index contributed by atoms with van der Waals surface area (Å²) < 4.78 is 0. The Morgan fingerprint density at radius 1 is 1.00 bits per heavy atom. The molecule has 0 radical (unpaired) electrons. The Hall–Kier alpha value is -1.51. The Balaban J connectivity index is 2.39. The van der Waals surface area contributed by atoms with Crippen LogP contribution < -0.4 is 5.73 Å². The van der Waals surface area contributed by atoms with Crippen molar-refractivity contribution in [2.24, 2.45) is 0 Å². The molecule has 0 saturated carbocycles. The van der Waals surface area contributed by atoms with E-state index in [2.05, 4.69) is 0 Å². The second kappa shape index (κ2) is 5.21. The van der Waals surface area contributed by atoms with E-state index in [0.717, 1.165) is 22.4 Å². The monoisotopic (exact) mass is 247 g/mol. The van der Waals surface area contributed by atoms with Crippen LogP contribution in [0.25, 0.3) is 11.1 Å². The quantitative estimate of drug-likeness (QED) is 0.819. The van der Waals surface area contributed by atoms with Gasteiger partial charge in [-0.25, -0.2) is 0 Å². The summed E-state index contributed by atoms with van der Waals surface area (Å²) in [5, 5.41) is 9.66. The van der Waals surface area contributed by atoms with Crippen LogP contribution in [0.1, 0.15) is 5.56 Å². The molecule has 2 nitrogen and oxygen atoms in total. The molecule has 0 spiro atoms. The number of hydrogen-bond donors (Lipinski definition) is 2. The Kier molecular flexibility index (Phi) is 3.67. The Bertz CT molecular complexity index is 508. The zero-order valence-electron chi connectivity index (χ0n) is 9.36. The van der Waals surface area contributed by atoms with Crippen LogP contribution in [0.2, 0.25) is 5.02 Å². The van der Waals surface area contributed by atoms with E-state index in [0.29, 0.717) is 11.4 Å². The van der Waals surface area contributed by atoms with Gasteiger partial charge < -0.3 is 10.8 Å². The minimum absolute atomic E-state index is 0.102. The van der Waals surface area contributed by atoms with Crippen LogP contribution in [0.4, 0.5) is 5.69 Å². The fourth-order valence-electron chi connectivity index (χ4n) is 1.74. The molecule has 0 saturated heterocycles. The standard InChI is InChI=1S/C14H14ClNO/c15-14-6-3-11(9-12(14)7-8-17)10-1-4-13(16)5-2-10/h1-6,9,17H,7-8,16H2. The van der Waals surface area contributed by atoms with Crippen molar-refractivity contribution in [1.29, 1.82) is 0 Å². The highest BCUT2D eigenvalue weighted by Gasteiger charge is 2.03. The topological polar surface area (TPSA) is 46.2 Å². The molecule has 2 rings (SSSR count). The van der Waals surface area contributed by atoms with Gasteiger partial charge >= 0.3 is 0 Å². The largest absolute Gasteiger partial charge is 0.399 e. The lowest BCUT2D eigenvalue weighted by Crippen LogP contribution is -1.92. The third kappa shape index (κ3) is 2.78. The summed E-state index contributed by atoms with van der Waals surface area (Å²) in [7, 11) is 0. The third-order valence-electron chi connectivity index (χ3n) is 2.67. The molecule has 0 aromatic heterocycles. The van der Waals surface area contributed by atoms with Gasteiger partial charge in [0.05, 0.1) is 0 Å². The lowest BCUT2D eigenvalue weighted by molar-refractivity contribution is 0.299. The van der Waals surface area contributed by atoms with Gasteiger partial charge in [0.25, 0.3) is 0 Å². The summed E-state index contributed by atoms with van der Waals surface area (Å²) in [5.41, 5.74) is 9.54. The predicted molar refractivity (Wildman–Crippen MR) is 72.1 cm³/mol.